The molecule has 1 atom stereocenters. The zero-order valence-corrected chi connectivity index (χ0v) is 9.29. The van der Waals surface area contributed by atoms with Crippen molar-refractivity contribution >= 4 is 5.97 Å². The lowest BCUT2D eigenvalue weighted by molar-refractivity contribution is -0.140. The van der Waals surface area contributed by atoms with Gasteiger partial charge in [0.25, 0.3) is 0 Å². The normalized spacial score (nSPS) is 12.5. The fourth-order valence-electron chi connectivity index (χ4n) is 1.36. The maximum Gasteiger partial charge on any atom is 0.305 e. The van der Waals surface area contributed by atoms with Crippen molar-refractivity contribution in [1.29, 1.82) is 0 Å². The van der Waals surface area contributed by atoms with Crippen LogP contribution in [0.25, 0.3) is 0 Å². The Bertz CT molecular complexity index is 145. The third kappa shape index (κ3) is 8.05. The van der Waals surface area contributed by atoms with Crippen LogP contribution in [0.3, 0.4) is 0 Å². The van der Waals surface area contributed by atoms with Crippen molar-refractivity contribution in [3.8, 4) is 0 Å². The van der Waals surface area contributed by atoms with Crippen molar-refractivity contribution in [3.05, 3.63) is 0 Å². The van der Waals surface area contributed by atoms with Crippen LogP contribution in [-0.2, 0) is 9.53 Å². The van der Waals surface area contributed by atoms with E-state index in [1.54, 1.807) is 0 Å². The summed E-state index contributed by atoms with van der Waals surface area (Å²) in [4.78, 5) is 10.7. The Balaban J connectivity index is 3.26. The van der Waals surface area contributed by atoms with Crippen molar-refractivity contribution < 1.29 is 14.6 Å². The van der Waals surface area contributed by atoms with Gasteiger partial charge < -0.3 is 9.84 Å². The van der Waals surface area contributed by atoms with Crippen LogP contribution in [0, 0.1) is 0 Å². The lowest BCUT2D eigenvalue weighted by atomic mass is 10.1. The van der Waals surface area contributed by atoms with Gasteiger partial charge in [0.15, 0.2) is 0 Å². The summed E-state index contributed by atoms with van der Waals surface area (Å²) in [6, 6.07) is 0. The third-order valence-electron chi connectivity index (χ3n) is 2.29. The number of carbonyl (C=O) groups excluding carboxylic acids is 1. The van der Waals surface area contributed by atoms with Gasteiger partial charge in [-0.1, -0.05) is 26.2 Å². The van der Waals surface area contributed by atoms with Crippen molar-refractivity contribution in [3.63, 3.8) is 0 Å². The first-order chi connectivity index (χ1) is 6.70. The molecule has 14 heavy (non-hydrogen) atoms. The van der Waals surface area contributed by atoms with Crippen molar-refractivity contribution in [2.45, 2.75) is 58.0 Å². The van der Waals surface area contributed by atoms with Crippen LogP contribution in [-0.4, -0.2) is 24.3 Å². The highest BCUT2D eigenvalue weighted by Crippen LogP contribution is 2.09. The molecule has 0 unspecified atom stereocenters. The minimum atomic E-state index is -0.244. The van der Waals surface area contributed by atoms with E-state index in [1.165, 1.54) is 20.0 Å². The van der Waals surface area contributed by atoms with Crippen LogP contribution in [0.5, 0.6) is 0 Å². The monoisotopic (exact) mass is 202 g/mol. The highest BCUT2D eigenvalue weighted by molar-refractivity contribution is 5.68. The van der Waals surface area contributed by atoms with Gasteiger partial charge in [-0.05, 0) is 19.3 Å². The number of ether oxygens (including phenoxy) is 1. The Hall–Kier alpha value is -0.570. The second-order valence-electron chi connectivity index (χ2n) is 3.62. The highest BCUT2D eigenvalue weighted by atomic mass is 16.5. The van der Waals surface area contributed by atoms with Crippen LogP contribution >= 0.6 is 0 Å². The van der Waals surface area contributed by atoms with Crippen molar-refractivity contribution in [1.82, 2.24) is 0 Å². The smallest absolute Gasteiger partial charge is 0.305 e. The Labute approximate surface area is 86.5 Å². The Morgan fingerprint density at radius 3 is 2.50 bits per heavy atom. The molecule has 0 aromatic rings. The number of esters is 1. The molecule has 0 saturated heterocycles. The SMILES string of the molecule is CCCCC[C@@H](O)CCCC(=O)OC. The van der Waals surface area contributed by atoms with Gasteiger partial charge >= 0.3 is 5.97 Å². The van der Waals surface area contributed by atoms with Crippen LogP contribution in [0.4, 0.5) is 0 Å². The standard InChI is InChI=1S/C11H22O3/c1-3-4-5-7-10(12)8-6-9-11(13)14-2/h10,12H,3-9H2,1-2H3/t10-/m1/s1. The molecule has 1 N–H and O–H groups in total. The van der Waals surface area contributed by atoms with E-state index in [0.717, 1.165) is 19.3 Å². The molecule has 0 bridgehead atoms. The van der Waals surface area contributed by atoms with E-state index in [1.807, 2.05) is 0 Å². The number of methoxy groups -OCH3 is 1. The molecule has 0 amide bonds. The molecular formula is C11H22O3. The number of unbranched alkanes of at least 4 members (excludes halogenated alkanes) is 2. The summed E-state index contributed by atoms with van der Waals surface area (Å²) in [6.45, 7) is 2.14. The molecule has 0 fully saturated rings. The van der Waals surface area contributed by atoms with Gasteiger partial charge in [-0.3, -0.25) is 4.79 Å². The van der Waals surface area contributed by atoms with E-state index in [-0.39, 0.29) is 12.1 Å². The van der Waals surface area contributed by atoms with E-state index < -0.39 is 0 Å². The number of aliphatic hydroxyl groups excluding tert-OH is 1. The predicted molar refractivity (Wildman–Crippen MR) is 56.0 cm³/mol. The van der Waals surface area contributed by atoms with Crippen molar-refractivity contribution in [2.75, 3.05) is 7.11 Å². The average Bonchev–Trinajstić information content (AvgIpc) is 2.18. The largest absolute Gasteiger partial charge is 0.469 e. The molecule has 0 radical (unpaired) electrons. The molecule has 0 rings (SSSR count). The van der Waals surface area contributed by atoms with Crippen LogP contribution in [0.1, 0.15) is 51.9 Å². The molecule has 0 aromatic heterocycles. The summed E-state index contributed by atoms with van der Waals surface area (Å²) >= 11 is 0. The number of hydrogen-bond donors (Lipinski definition) is 1. The van der Waals surface area contributed by atoms with Crippen LogP contribution in [0.2, 0.25) is 0 Å². The Morgan fingerprint density at radius 2 is 1.93 bits per heavy atom. The molecule has 0 aliphatic carbocycles. The van der Waals surface area contributed by atoms with Gasteiger partial charge in [-0.15, -0.1) is 0 Å². The van der Waals surface area contributed by atoms with Gasteiger partial charge in [0.05, 0.1) is 13.2 Å². The quantitative estimate of drug-likeness (QED) is 0.485. The fourth-order valence-corrected chi connectivity index (χ4v) is 1.36. The third-order valence-corrected chi connectivity index (χ3v) is 2.29. The molecule has 3 heteroatoms. The second kappa shape index (κ2) is 9.00. The molecule has 84 valence electrons. The second-order valence-corrected chi connectivity index (χ2v) is 3.62. The maximum absolute atomic E-state index is 10.7. The van der Waals surface area contributed by atoms with E-state index in [4.69, 9.17) is 0 Å². The van der Waals surface area contributed by atoms with E-state index in [0.29, 0.717) is 12.8 Å². The Kier molecular flexibility index (Phi) is 8.64. The lowest BCUT2D eigenvalue weighted by Gasteiger charge is -2.08. The van der Waals surface area contributed by atoms with Crippen LogP contribution < -0.4 is 0 Å². The maximum atomic E-state index is 10.7. The molecule has 0 heterocycles. The lowest BCUT2D eigenvalue weighted by Crippen LogP contribution is -2.08. The molecule has 0 aliphatic heterocycles. The van der Waals surface area contributed by atoms with Gasteiger partial charge in [-0.2, -0.15) is 0 Å². The topological polar surface area (TPSA) is 46.5 Å². The summed E-state index contributed by atoms with van der Waals surface area (Å²) in [5.74, 6) is -0.189. The molecule has 0 saturated carbocycles. The van der Waals surface area contributed by atoms with E-state index in [9.17, 15) is 9.90 Å². The average molecular weight is 202 g/mol. The first kappa shape index (κ1) is 13.4. The summed E-state index contributed by atoms with van der Waals surface area (Å²) in [5, 5.41) is 9.51. The first-order valence-corrected chi connectivity index (χ1v) is 5.45. The highest BCUT2D eigenvalue weighted by Gasteiger charge is 2.05. The van der Waals surface area contributed by atoms with Gasteiger partial charge in [0, 0.05) is 6.42 Å². The number of carbonyl (C=O) groups is 1. The minimum Gasteiger partial charge on any atom is -0.469 e. The Morgan fingerprint density at radius 1 is 1.29 bits per heavy atom. The summed E-state index contributed by atoms with van der Waals surface area (Å²) in [5.41, 5.74) is 0. The predicted octanol–water partition coefficient (Wildman–Crippen LogP) is 2.27. The van der Waals surface area contributed by atoms with Gasteiger partial charge in [0.1, 0.15) is 0 Å². The number of aliphatic hydroxyl groups is 1. The molecule has 0 aromatic carbocycles. The number of rotatable bonds is 8. The fraction of sp³-hybridized carbons (Fsp3) is 0.909. The zero-order valence-electron chi connectivity index (χ0n) is 9.29. The minimum absolute atomic E-state index is 0.189. The van der Waals surface area contributed by atoms with Crippen LogP contribution in [0.15, 0.2) is 0 Å². The first-order valence-electron chi connectivity index (χ1n) is 5.45. The summed E-state index contributed by atoms with van der Waals surface area (Å²) < 4.78 is 4.51. The summed E-state index contributed by atoms with van der Waals surface area (Å²) in [7, 11) is 1.39. The van der Waals surface area contributed by atoms with E-state index >= 15 is 0 Å². The van der Waals surface area contributed by atoms with Gasteiger partial charge in [-0.25, -0.2) is 0 Å². The molecule has 0 spiro atoms. The van der Waals surface area contributed by atoms with Gasteiger partial charge in [0.2, 0.25) is 0 Å². The number of hydrogen-bond acceptors (Lipinski definition) is 3. The molecular weight excluding hydrogens is 180 g/mol. The summed E-state index contributed by atoms with van der Waals surface area (Å²) in [6.07, 6.45) is 5.89. The van der Waals surface area contributed by atoms with Crippen molar-refractivity contribution in [2.24, 2.45) is 0 Å². The molecule has 0 aliphatic rings. The zero-order chi connectivity index (χ0) is 10.8. The molecule has 3 nitrogen and oxygen atoms in total. The van der Waals surface area contributed by atoms with E-state index in [2.05, 4.69) is 11.7 Å².